The number of hydrogen-bond donors (Lipinski definition) is 2. The first-order chi connectivity index (χ1) is 15.3. The number of rotatable bonds is 7. The molecule has 2 fully saturated rings. The van der Waals surface area contributed by atoms with E-state index in [2.05, 4.69) is 37.3 Å². The molecule has 32 heavy (non-hydrogen) atoms. The van der Waals surface area contributed by atoms with Gasteiger partial charge in [-0.2, -0.15) is 0 Å². The summed E-state index contributed by atoms with van der Waals surface area (Å²) in [5.41, 5.74) is 10.0. The van der Waals surface area contributed by atoms with Crippen LogP contribution in [0.5, 0.6) is 0 Å². The second-order valence-electron chi connectivity index (χ2n) is 9.33. The molecule has 0 unspecified atom stereocenters. The Labute approximate surface area is 188 Å². The first-order valence-electron chi connectivity index (χ1n) is 11.2. The zero-order valence-electron chi connectivity index (χ0n) is 18.5. The molecule has 0 radical (unpaired) electrons. The summed E-state index contributed by atoms with van der Waals surface area (Å²) >= 11 is 0. The lowest BCUT2D eigenvalue weighted by Crippen LogP contribution is -2.49. The Morgan fingerprint density at radius 1 is 1.25 bits per heavy atom. The topological polar surface area (TPSA) is 106 Å². The van der Waals surface area contributed by atoms with Crippen LogP contribution in [0, 0.1) is 5.92 Å². The van der Waals surface area contributed by atoms with Gasteiger partial charge in [0.25, 0.3) is 0 Å². The van der Waals surface area contributed by atoms with E-state index < -0.39 is 10.0 Å². The Bertz CT molecular complexity index is 1250. The van der Waals surface area contributed by atoms with Gasteiger partial charge in [-0.15, -0.1) is 0 Å². The Morgan fingerprint density at radius 3 is 2.75 bits per heavy atom. The number of anilines is 1. The number of nitrogens with two attached hydrogens (primary N) is 1. The Kier molecular flexibility index (Phi) is 5.43. The summed E-state index contributed by atoms with van der Waals surface area (Å²) in [5, 5.41) is 0.862. The van der Waals surface area contributed by atoms with Gasteiger partial charge < -0.3 is 15.2 Å². The van der Waals surface area contributed by atoms with Crippen LogP contribution in [-0.4, -0.2) is 53.2 Å². The molecule has 3 N–H and O–H groups in total. The van der Waals surface area contributed by atoms with Gasteiger partial charge in [0.2, 0.25) is 10.0 Å². The molecule has 0 spiro atoms. The minimum Gasteiger partial charge on any atom is -0.383 e. The third-order valence-corrected chi connectivity index (χ3v) is 7.64. The highest BCUT2D eigenvalue weighted by molar-refractivity contribution is 7.88. The molecule has 1 aliphatic heterocycles. The predicted molar refractivity (Wildman–Crippen MR) is 126 cm³/mol. The van der Waals surface area contributed by atoms with Crippen molar-refractivity contribution in [1.82, 2.24) is 24.2 Å². The van der Waals surface area contributed by atoms with Crippen LogP contribution in [0.1, 0.15) is 37.8 Å². The van der Waals surface area contributed by atoms with Crippen molar-refractivity contribution >= 4 is 26.9 Å². The number of nitrogens with one attached hydrogen (secondary N) is 1. The second kappa shape index (κ2) is 8.13. The minimum absolute atomic E-state index is 0.247. The third-order valence-electron chi connectivity index (χ3n) is 6.97. The molecule has 3 aromatic rings. The lowest BCUT2D eigenvalue weighted by Gasteiger charge is -2.45. The van der Waals surface area contributed by atoms with Crippen LogP contribution in [0.4, 0.5) is 5.82 Å². The van der Waals surface area contributed by atoms with Gasteiger partial charge in [0, 0.05) is 36.9 Å². The number of benzene rings is 1. The van der Waals surface area contributed by atoms with Crippen molar-refractivity contribution in [1.29, 1.82) is 0 Å². The van der Waals surface area contributed by atoms with Crippen LogP contribution < -0.4 is 10.5 Å². The highest BCUT2D eigenvalue weighted by Gasteiger charge is 2.36. The van der Waals surface area contributed by atoms with Gasteiger partial charge in [0.1, 0.15) is 17.8 Å². The second-order valence-corrected chi connectivity index (χ2v) is 11.2. The SMILES string of the molecule is C[C@@H]1CCN1C[C@H]1C[C@@H](n2cc(-c3cccc(CNS(C)(=O)=O)c3)c3c(N)ncnc32)C1. The van der Waals surface area contributed by atoms with Gasteiger partial charge in [-0.05, 0) is 55.8 Å². The van der Waals surface area contributed by atoms with E-state index in [0.29, 0.717) is 11.9 Å². The average molecular weight is 455 g/mol. The van der Waals surface area contributed by atoms with E-state index in [1.165, 1.54) is 25.8 Å². The maximum atomic E-state index is 11.5. The van der Waals surface area contributed by atoms with Gasteiger partial charge in [-0.25, -0.2) is 23.1 Å². The van der Waals surface area contributed by atoms with Gasteiger partial charge in [-0.3, -0.25) is 0 Å². The number of likely N-dealkylation sites (tertiary alicyclic amines) is 1. The highest BCUT2D eigenvalue weighted by atomic mass is 32.2. The van der Waals surface area contributed by atoms with Crippen molar-refractivity contribution in [3.8, 4) is 11.1 Å². The monoisotopic (exact) mass is 454 g/mol. The Hall–Kier alpha value is -2.49. The van der Waals surface area contributed by atoms with E-state index in [0.717, 1.165) is 58.8 Å². The van der Waals surface area contributed by atoms with E-state index in [4.69, 9.17) is 5.73 Å². The maximum absolute atomic E-state index is 11.5. The molecule has 1 aromatic carbocycles. The molecule has 8 nitrogen and oxygen atoms in total. The zero-order chi connectivity index (χ0) is 22.5. The molecule has 1 saturated heterocycles. The molecular weight excluding hydrogens is 424 g/mol. The van der Waals surface area contributed by atoms with Crippen LogP contribution in [0.3, 0.4) is 0 Å². The zero-order valence-corrected chi connectivity index (χ0v) is 19.3. The van der Waals surface area contributed by atoms with Crippen LogP contribution >= 0.6 is 0 Å². The van der Waals surface area contributed by atoms with E-state index in [1.54, 1.807) is 0 Å². The fourth-order valence-electron chi connectivity index (χ4n) is 4.92. The molecule has 1 aliphatic carbocycles. The highest BCUT2D eigenvalue weighted by Crippen LogP contribution is 2.43. The number of sulfonamides is 1. The first kappa shape index (κ1) is 21.4. The fraction of sp³-hybridized carbons (Fsp3) is 0.478. The largest absolute Gasteiger partial charge is 0.383 e. The standard InChI is InChI=1S/C23H30N6O2S/c1-15-6-7-28(15)12-17-9-19(10-17)29-13-20(21-22(24)25-14-26-23(21)29)18-5-3-4-16(8-18)11-27-32(2,30)31/h3-5,8,13-15,17,19,27H,6-7,9-12H2,1-2H3,(H2,24,25,26)/t15-,17-,19+/m1/s1. The van der Waals surface area contributed by atoms with Crippen molar-refractivity contribution in [2.24, 2.45) is 5.92 Å². The summed E-state index contributed by atoms with van der Waals surface area (Å²) in [5.74, 6) is 1.20. The number of nitrogen functional groups attached to an aromatic ring is 1. The van der Waals surface area contributed by atoms with Crippen LogP contribution in [0.25, 0.3) is 22.2 Å². The summed E-state index contributed by atoms with van der Waals surface area (Å²) in [4.78, 5) is 11.4. The molecule has 2 aromatic heterocycles. The van der Waals surface area contributed by atoms with Crippen LogP contribution in [-0.2, 0) is 16.6 Å². The van der Waals surface area contributed by atoms with Crippen molar-refractivity contribution in [3.63, 3.8) is 0 Å². The molecule has 0 amide bonds. The minimum atomic E-state index is -3.26. The van der Waals surface area contributed by atoms with Crippen molar-refractivity contribution in [2.75, 3.05) is 25.1 Å². The van der Waals surface area contributed by atoms with Crippen molar-refractivity contribution < 1.29 is 8.42 Å². The number of fused-ring (bicyclic) bond motifs is 1. The Morgan fingerprint density at radius 2 is 2.06 bits per heavy atom. The van der Waals surface area contributed by atoms with Gasteiger partial charge in [0.15, 0.2) is 0 Å². The van der Waals surface area contributed by atoms with E-state index in [-0.39, 0.29) is 6.54 Å². The van der Waals surface area contributed by atoms with Crippen LogP contribution in [0.15, 0.2) is 36.8 Å². The fourth-order valence-corrected chi connectivity index (χ4v) is 5.35. The lowest BCUT2D eigenvalue weighted by molar-refractivity contribution is 0.0481. The predicted octanol–water partition coefficient (Wildman–Crippen LogP) is 2.78. The molecule has 0 bridgehead atoms. The summed E-state index contributed by atoms with van der Waals surface area (Å²) in [6.07, 6.45) is 8.45. The number of hydrogen-bond acceptors (Lipinski definition) is 6. The summed E-state index contributed by atoms with van der Waals surface area (Å²) < 4.78 is 27.8. The maximum Gasteiger partial charge on any atom is 0.209 e. The van der Waals surface area contributed by atoms with Gasteiger partial charge in [0.05, 0.1) is 11.6 Å². The summed E-state index contributed by atoms with van der Waals surface area (Å²) in [7, 11) is -3.26. The average Bonchev–Trinajstić information content (AvgIpc) is 3.10. The normalized spacial score (nSPS) is 23.8. The molecule has 9 heteroatoms. The van der Waals surface area contributed by atoms with Gasteiger partial charge in [-0.1, -0.05) is 18.2 Å². The molecule has 1 atom stereocenters. The van der Waals surface area contributed by atoms with E-state index >= 15 is 0 Å². The molecule has 1 saturated carbocycles. The molecule has 170 valence electrons. The van der Waals surface area contributed by atoms with E-state index in [1.807, 2.05) is 24.3 Å². The first-order valence-corrected chi connectivity index (χ1v) is 13.1. The molecule has 5 rings (SSSR count). The quantitative estimate of drug-likeness (QED) is 0.569. The summed E-state index contributed by atoms with van der Waals surface area (Å²) in [6.45, 7) is 4.98. The van der Waals surface area contributed by atoms with Gasteiger partial charge >= 0.3 is 0 Å². The van der Waals surface area contributed by atoms with Crippen molar-refractivity contribution in [3.05, 3.63) is 42.4 Å². The van der Waals surface area contributed by atoms with Crippen LogP contribution in [0.2, 0.25) is 0 Å². The number of aromatic nitrogens is 3. The Balaban J connectivity index is 1.42. The lowest BCUT2D eigenvalue weighted by atomic mass is 9.79. The molecular formula is C23H30N6O2S. The van der Waals surface area contributed by atoms with Crippen molar-refractivity contribution in [2.45, 2.75) is 44.8 Å². The van der Waals surface area contributed by atoms with E-state index in [9.17, 15) is 8.42 Å². The molecule has 2 aliphatic rings. The summed E-state index contributed by atoms with van der Waals surface area (Å²) in [6, 6.07) is 9.00. The number of nitrogens with zero attached hydrogens (tertiary/aromatic N) is 4. The molecule has 3 heterocycles. The smallest absolute Gasteiger partial charge is 0.209 e. The third kappa shape index (κ3) is 4.12.